The zero-order chi connectivity index (χ0) is 37.4. The van der Waals surface area contributed by atoms with Crippen LogP contribution in [0.5, 0.6) is 11.6 Å². The number of alkyl halides is 6. The number of carbonyl (C=O) groups excluding carboxylic acids is 3. The summed E-state index contributed by atoms with van der Waals surface area (Å²) < 4.78 is 102. The number of urea groups is 1. The summed E-state index contributed by atoms with van der Waals surface area (Å²) >= 11 is 0. The van der Waals surface area contributed by atoms with Crippen LogP contribution >= 0.6 is 0 Å². The molecule has 0 radical (unpaired) electrons. The van der Waals surface area contributed by atoms with Gasteiger partial charge in [-0.25, -0.2) is 9.78 Å². The number of fused-ring (bicyclic) bond motifs is 1. The molecule has 278 valence electrons. The number of carbonyl (C=O) groups is 3. The molecule has 2 atom stereocenters. The normalized spacial score (nSPS) is 21.5. The van der Waals surface area contributed by atoms with Gasteiger partial charge in [-0.15, -0.1) is 0 Å². The average molecular weight is 728 g/mol. The monoisotopic (exact) mass is 727 g/mol. The molecule has 3 aliphatic rings. The second-order valence-corrected chi connectivity index (χ2v) is 12.7. The van der Waals surface area contributed by atoms with Crippen LogP contribution in [0, 0.1) is 0 Å². The number of nitrogens with one attached hydrogen (secondary N) is 1. The van der Waals surface area contributed by atoms with E-state index < -0.39 is 66.1 Å². The SMILES string of the molecule is C/C=C\c1cc(C(OCCCC)(C(F)(F)F)C(F)(F)F)ccc1N1CCN(C(=O)CN2C(=O)NC(C)(c3cnc4c(c3)OCCO4)C2=O)C[C@@H]1C. The minimum atomic E-state index is -5.81. The van der Waals surface area contributed by atoms with E-state index in [2.05, 4.69) is 10.3 Å². The Labute approximate surface area is 290 Å². The van der Waals surface area contributed by atoms with Crippen LogP contribution in [0.15, 0.2) is 36.5 Å². The molecule has 0 saturated carbocycles. The van der Waals surface area contributed by atoms with Crippen molar-refractivity contribution in [2.75, 3.05) is 50.9 Å². The van der Waals surface area contributed by atoms with Gasteiger partial charge in [0.1, 0.15) is 25.3 Å². The molecule has 5 rings (SSSR count). The molecule has 2 aromatic rings. The van der Waals surface area contributed by atoms with Gasteiger partial charge in [0.15, 0.2) is 5.75 Å². The van der Waals surface area contributed by atoms with E-state index >= 15 is 0 Å². The Morgan fingerprint density at radius 2 is 1.80 bits per heavy atom. The summed E-state index contributed by atoms with van der Waals surface area (Å²) in [5.74, 6) is -0.625. The number of benzene rings is 1. The minimum absolute atomic E-state index is 0.00150. The van der Waals surface area contributed by atoms with E-state index in [1.807, 2.05) is 0 Å². The first-order valence-corrected chi connectivity index (χ1v) is 16.5. The number of hydrogen-bond acceptors (Lipinski definition) is 8. The molecule has 0 aliphatic carbocycles. The number of allylic oxidation sites excluding steroid dienone is 1. The number of aromatic nitrogens is 1. The fraction of sp³-hybridized carbons (Fsp3) is 0.529. The summed E-state index contributed by atoms with van der Waals surface area (Å²) in [6.45, 7) is 6.10. The zero-order valence-electron chi connectivity index (χ0n) is 28.5. The van der Waals surface area contributed by atoms with Crippen molar-refractivity contribution in [2.45, 2.75) is 70.1 Å². The highest BCUT2D eigenvalue weighted by Gasteiger charge is 2.73. The molecule has 17 heteroatoms. The third-order valence-corrected chi connectivity index (χ3v) is 9.23. The van der Waals surface area contributed by atoms with Gasteiger partial charge in [-0.1, -0.05) is 31.6 Å². The Morgan fingerprint density at radius 1 is 1.10 bits per heavy atom. The Bertz CT molecular complexity index is 1670. The van der Waals surface area contributed by atoms with Crippen LogP contribution in [0.2, 0.25) is 0 Å². The summed E-state index contributed by atoms with van der Waals surface area (Å²) in [7, 11) is 0. The van der Waals surface area contributed by atoms with Crippen molar-refractivity contribution in [3.8, 4) is 11.6 Å². The van der Waals surface area contributed by atoms with Crippen molar-refractivity contribution < 1.29 is 54.9 Å². The van der Waals surface area contributed by atoms with E-state index in [0.717, 1.165) is 17.0 Å². The molecule has 51 heavy (non-hydrogen) atoms. The van der Waals surface area contributed by atoms with Gasteiger partial charge in [-0.3, -0.25) is 14.5 Å². The Balaban J connectivity index is 1.32. The quantitative estimate of drug-likeness (QED) is 0.193. The van der Waals surface area contributed by atoms with Gasteiger partial charge in [-0.05, 0) is 51.0 Å². The molecule has 1 aromatic carbocycles. The molecule has 3 aliphatic heterocycles. The molecule has 1 aromatic heterocycles. The first-order valence-electron chi connectivity index (χ1n) is 16.5. The maximum Gasteiger partial charge on any atom is 0.430 e. The largest absolute Gasteiger partial charge is 0.484 e. The van der Waals surface area contributed by atoms with Crippen LogP contribution in [-0.4, -0.2) is 97.0 Å². The fourth-order valence-corrected chi connectivity index (χ4v) is 6.47. The number of nitrogens with zero attached hydrogens (tertiary/aromatic N) is 4. The maximum absolute atomic E-state index is 14.3. The Hall–Kier alpha value is -4.54. The van der Waals surface area contributed by atoms with Gasteiger partial charge in [0.2, 0.25) is 5.91 Å². The van der Waals surface area contributed by atoms with E-state index in [0.29, 0.717) is 30.0 Å². The third-order valence-electron chi connectivity index (χ3n) is 9.23. The number of anilines is 1. The molecular formula is C34H39F6N5O6. The lowest BCUT2D eigenvalue weighted by molar-refractivity contribution is -0.389. The van der Waals surface area contributed by atoms with Crippen LogP contribution in [0.4, 0.5) is 36.8 Å². The summed E-state index contributed by atoms with van der Waals surface area (Å²) in [6, 6.07) is 3.15. The highest BCUT2D eigenvalue weighted by atomic mass is 19.4. The Morgan fingerprint density at radius 3 is 2.45 bits per heavy atom. The lowest BCUT2D eigenvalue weighted by Crippen LogP contribution is -2.56. The number of hydrogen-bond donors (Lipinski definition) is 1. The highest BCUT2D eigenvalue weighted by Crippen LogP contribution is 2.53. The van der Waals surface area contributed by atoms with Crippen molar-refractivity contribution in [3.63, 3.8) is 0 Å². The third kappa shape index (κ3) is 6.91. The zero-order valence-corrected chi connectivity index (χ0v) is 28.5. The second-order valence-electron chi connectivity index (χ2n) is 12.7. The maximum atomic E-state index is 14.3. The van der Waals surface area contributed by atoms with E-state index in [9.17, 15) is 40.7 Å². The molecule has 2 saturated heterocycles. The van der Waals surface area contributed by atoms with Gasteiger partial charge in [0.25, 0.3) is 17.4 Å². The number of unbranched alkanes of at least 4 members (excludes halogenated alkanes) is 1. The number of piperazine rings is 1. The number of rotatable bonds is 10. The van der Waals surface area contributed by atoms with Crippen LogP contribution in [0.25, 0.3) is 6.08 Å². The van der Waals surface area contributed by atoms with Crippen LogP contribution in [0.1, 0.15) is 57.2 Å². The molecule has 0 spiro atoms. The van der Waals surface area contributed by atoms with E-state index in [1.54, 1.807) is 31.7 Å². The predicted molar refractivity (Wildman–Crippen MR) is 172 cm³/mol. The molecule has 4 amide bonds. The fourth-order valence-electron chi connectivity index (χ4n) is 6.47. The van der Waals surface area contributed by atoms with E-state index in [4.69, 9.17) is 14.2 Å². The van der Waals surface area contributed by atoms with Crippen LogP contribution in [0.3, 0.4) is 0 Å². The minimum Gasteiger partial charge on any atom is -0.484 e. The predicted octanol–water partition coefficient (Wildman–Crippen LogP) is 5.53. The van der Waals surface area contributed by atoms with Gasteiger partial charge < -0.3 is 29.3 Å². The van der Waals surface area contributed by atoms with Gasteiger partial charge in [-0.2, -0.15) is 26.3 Å². The van der Waals surface area contributed by atoms with Crippen molar-refractivity contribution in [1.29, 1.82) is 0 Å². The van der Waals surface area contributed by atoms with Crippen LogP contribution < -0.4 is 19.7 Å². The van der Waals surface area contributed by atoms with Crippen molar-refractivity contribution >= 4 is 29.6 Å². The van der Waals surface area contributed by atoms with Gasteiger partial charge >= 0.3 is 18.4 Å². The number of imide groups is 1. The number of halogens is 6. The van der Waals surface area contributed by atoms with E-state index in [-0.39, 0.29) is 44.1 Å². The smallest absolute Gasteiger partial charge is 0.430 e. The lowest BCUT2D eigenvalue weighted by atomic mass is 9.89. The first-order chi connectivity index (χ1) is 24.0. The molecule has 1 N–H and O–H groups in total. The van der Waals surface area contributed by atoms with Crippen molar-refractivity contribution in [2.24, 2.45) is 0 Å². The topological polar surface area (TPSA) is 114 Å². The first kappa shape index (κ1) is 37.7. The summed E-state index contributed by atoms with van der Waals surface area (Å²) in [5, 5.41) is 2.63. The molecule has 0 bridgehead atoms. The molecule has 1 unspecified atom stereocenters. The van der Waals surface area contributed by atoms with E-state index in [1.165, 1.54) is 36.2 Å². The van der Waals surface area contributed by atoms with Crippen molar-refractivity contribution in [1.82, 2.24) is 20.1 Å². The van der Waals surface area contributed by atoms with Crippen LogP contribution in [-0.2, 0) is 25.5 Å². The van der Waals surface area contributed by atoms with Gasteiger partial charge in [0.05, 0.1) is 0 Å². The second kappa shape index (κ2) is 14.2. The summed E-state index contributed by atoms with van der Waals surface area (Å²) in [5.41, 5.74) is -6.36. The summed E-state index contributed by atoms with van der Waals surface area (Å²) in [6.07, 6.45) is -6.97. The van der Waals surface area contributed by atoms with Crippen molar-refractivity contribution in [3.05, 3.63) is 53.2 Å². The molecule has 2 fully saturated rings. The molecule has 11 nitrogen and oxygen atoms in total. The molecule has 4 heterocycles. The average Bonchev–Trinajstić information content (AvgIpc) is 3.29. The lowest BCUT2D eigenvalue weighted by Gasteiger charge is -2.42. The number of ether oxygens (including phenoxy) is 3. The highest BCUT2D eigenvalue weighted by molar-refractivity contribution is 6.09. The van der Waals surface area contributed by atoms with Gasteiger partial charge in [0, 0.05) is 55.3 Å². The molecular weight excluding hydrogens is 688 g/mol. The number of pyridine rings is 1. The number of amides is 4. The Kier molecular flexibility index (Phi) is 10.5. The standard InChI is InChI=1S/C34H39F6N5O6/c1-5-7-13-51-32(33(35,36)37,34(38,39)40)23-9-10-25(22(16-23)8-6-2)44-12-11-43(19-21(44)3)27(46)20-45-29(47)31(4,42-30(45)48)24-17-26-28(41-18-24)50-15-14-49-26/h6,8-10,16-18,21H,5,7,11-15,19-20H2,1-4H3,(H,42,48)/b8-6-/t21-,31?/m0/s1. The summed E-state index contributed by atoms with van der Waals surface area (Å²) in [4.78, 5) is 48.2.